The first-order valence-electron chi connectivity index (χ1n) is 6.27. The van der Waals surface area contributed by atoms with Crippen LogP contribution in [0.4, 0.5) is 0 Å². The minimum Gasteiger partial charge on any atom is -0.442 e. The lowest BCUT2D eigenvalue weighted by atomic mass is 10.2. The van der Waals surface area contributed by atoms with Gasteiger partial charge in [0.25, 0.3) is 0 Å². The Morgan fingerprint density at radius 3 is 2.18 bits per heavy atom. The number of rotatable bonds is 4. The maximum atomic E-state index is 5.42. The van der Waals surface area contributed by atoms with Gasteiger partial charge in [0, 0.05) is 0 Å². The molecule has 0 heterocycles. The standard InChI is InChI=1S/C15H22OSi/c1-13(2)17(14(3)4)11-10-16-12-15-8-6-5-7-9-15/h5-9,13-14,17H,12H2,1-4H3. The summed E-state index contributed by atoms with van der Waals surface area (Å²) >= 11 is 0. The van der Waals surface area contributed by atoms with E-state index < -0.39 is 8.80 Å². The van der Waals surface area contributed by atoms with Crippen molar-refractivity contribution >= 4 is 8.80 Å². The van der Waals surface area contributed by atoms with Crippen molar-refractivity contribution in [2.45, 2.75) is 45.4 Å². The maximum Gasteiger partial charge on any atom is 0.132 e. The van der Waals surface area contributed by atoms with E-state index in [0.717, 1.165) is 0 Å². The Morgan fingerprint density at radius 2 is 1.65 bits per heavy atom. The molecule has 0 atom stereocenters. The lowest BCUT2D eigenvalue weighted by Gasteiger charge is -2.15. The van der Waals surface area contributed by atoms with Crippen LogP contribution in [0.25, 0.3) is 0 Å². The van der Waals surface area contributed by atoms with Crippen LogP contribution >= 0.6 is 0 Å². The second kappa shape index (κ2) is 7.19. The van der Waals surface area contributed by atoms with Crippen LogP contribution in [0.1, 0.15) is 33.3 Å². The Balaban J connectivity index is 2.45. The highest BCUT2D eigenvalue weighted by Gasteiger charge is 2.16. The van der Waals surface area contributed by atoms with Gasteiger partial charge in [0.15, 0.2) is 0 Å². The van der Waals surface area contributed by atoms with E-state index in [4.69, 9.17) is 4.74 Å². The Kier molecular flexibility index (Phi) is 5.86. The summed E-state index contributed by atoms with van der Waals surface area (Å²) in [6.45, 7) is 9.65. The van der Waals surface area contributed by atoms with E-state index in [-0.39, 0.29) is 0 Å². The SMILES string of the molecule is CC(C)[SiH](C#COCc1ccccc1)C(C)C. The zero-order valence-electron chi connectivity index (χ0n) is 11.2. The fourth-order valence-electron chi connectivity index (χ4n) is 1.91. The van der Waals surface area contributed by atoms with Gasteiger partial charge >= 0.3 is 0 Å². The predicted octanol–water partition coefficient (Wildman–Crippen LogP) is 3.75. The molecule has 0 bridgehead atoms. The highest BCUT2D eigenvalue weighted by atomic mass is 28.3. The molecule has 0 spiro atoms. The van der Waals surface area contributed by atoms with Crippen LogP contribution in [-0.4, -0.2) is 8.80 Å². The van der Waals surface area contributed by atoms with Crippen molar-refractivity contribution in [3.63, 3.8) is 0 Å². The second-order valence-corrected chi connectivity index (χ2v) is 9.04. The van der Waals surface area contributed by atoms with Gasteiger partial charge in [0.1, 0.15) is 21.5 Å². The molecule has 0 saturated carbocycles. The molecule has 0 saturated heterocycles. The van der Waals surface area contributed by atoms with E-state index in [1.165, 1.54) is 5.56 Å². The molecule has 1 nitrogen and oxygen atoms in total. The van der Waals surface area contributed by atoms with Crippen molar-refractivity contribution in [3.8, 4) is 11.7 Å². The molecule has 0 aliphatic heterocycles. The minimum absolute atomic E-state index is 0.588. The molecular formula is C15H22OSi. The average molecular weight is 246 g/mol. The first-order chi connectivity index (χ1) is 8.11. The van der Waals surface area contributed by atoms with Gasteiger partial charge < -0.3 is 4.74 Å². The van der Waals surface area contributed by atoms with Gasteiger partial charge in [-0.15, -0.1) is 0 Å². The highest BCUT2D eigenvalue weighted by Crippen LogP contribution is 2.18. The summed E-state index contributed by atoms with van der Waals surface area (Å²) in [6.07, 6.45) is 2.91. The van der Waals surface area contributed by atoms with Gasteiger partial charge in [0.2, 0.25) is 0 Å². The minimum atomic E-state index is -0.992. The number of hydrogen-bond acceptors (Lipinski definition) is 1. The predicted molar refractivity (Wildman–Crippen MR) is 76.4 cm³/mol. The molecule has 0 aliphatic carbocycles. The van der Waals surface area contributed by atoms with Crippen LogP contribution < -0.4 is 0 Å². The summed E-state index contributed by atoms with van der Waals surface area (Å²) < 4.78 is 5.42. The zero-order valence-corrected chi connectivity index (χ0v) is 12.4. The molecule has 17 heavy (non-hydrogen) atoms. The van der Waals surface area contributed by atoms with Gasteiger partial charge in [-0.1, -0.05) is 63.6 Å². The molecule has 0 fully saturated rings. The first kappa shape index (κ1) is 13.9. The topological polar surface area (TPSA) is 9.23 Å². The molecule has 0 aromatic heterocycles. The lowest BCUT2D eigenvalue weighted by molar-refractivity contribution is 0.265. The fraction of sp³-hybridized carbons (Fsp3) is 0.467. The van der Waals surface area contributed by atoms with Crippen molar-refractivity contribution in [2.75, 3.05) is 0 Å². The summed E-state index contributed by atoms with van der Waals surface area (Å²) in [6, 6.07) is 10.2. The Bertz CT molecular complexity index is 365. The molecular weight excluding hydrogens is 224 g/mol. The van der Waals surface area contributed by atoms with E-state index in [0.29, 0.717) is 17.7 Å². The lowest BCUT2D eigenvalue weighted by Crippen LogP contribution is -2.18. The second-order valence-electron chi connectivity index (χ2n) is 5.03. The van der Waals surface area contributed by atoms with Crippen LogP contribution in [0, 0.1) is 11.7 Å². The zero-order chi connectivity index (χ0) is 12.7. The van der Waals surface area contributed by atoms with E-state index in [1.54, 1.807) is 0 Å². The van der Waals surface area contributed by atoms with Crippen molar-refractivity contribution in [1.82, 2.24) is 0 Å². The highest BCUT2D eigenvalue weighted by molar-refractivity contribution is 6.70. The summed E-state index contributed by atoms with van der Waals surface area (Å²) in [5.74, 6) is 0. The van der Waals surface area contributed by atoms with Crippen LogP contribution in [-0.2, 0) is 11.3 Å². The smallest absolute Gasteiger partial charge is 0.132 e. The molecule has 0 N–H and O–H groups in total. The Labute approximate surface area is 107 Å². The van der Waals surface area contributed by atoms with Gasteiger partial charge in [-0.05, 0) is 16.6 Å². The van der Waals surface area contributed by atoms with Gasteiger partial charge in [-0.3, -0.25) is 0 Å². The third kappa shape index (κ3) is 5.10. The van der Waals surface area contributed by atoms with E-state index in [1.807, 2.05) is 18.2 Å². The number of hydrogen-bond donors (Lipinski definition) is 0. The Hall–Kier alpha value is -1.20. The molecule has 0 amide bonds. The van der Waals surface area contributed by atoms with Crippen LogP contribution in [0.5, 0.6) is 0 Å². The largest absolute Gasteiger partial charge is 0.442 e. The molecule has 2 heteroatoms. The number of benzene rings is 1. The van der Waals surface area contributed by atoms with Crippen LogP contribution in [0.15, 0.2) is 30.3 Å². The number of ether oxygens (including phenoxy) is 1. The van der Waals surface area contributed by atoms with Crippen molar-refractivity contribution in [1.29, 1.82) is 0 Å². The Morgan fingerprint density at radius 1 is 1.06 bits per heavy atom. The molecule has 92 valence electrons. The average Bonchev–Trinajstić information content (AvgIpc) is 2.29. The molecule has 1 aromatic carbocycles. The fourth-order valence-corrected chi connectivity index (χ4v) is 4.33. The quantitative estimate of drug-likeness (QED) is 0.581. The van der Waals surface area contributed by atoms with Crippen molar-refractivity contribution in [2.24, 2.45) is 0 Å². The molecule has 1 aromatic rings. The molecule has 1 rings (SSSR count). The maximum absolute atomic E-state index is 5.42. The van der Waals surface area contributed by atoms with E-state index in [2.05, 4.69) is 51.5 Å². The first-order valence-corrected chi connectivity index (χ1v) is 8.18. The van der Waals surface area contributed by atoms with Gasteiger partial charge in [0.05, 0.1) is 0 Å². The van der Waals surface area contributed by atoms with E-state index >= 15 is 0 Å². The van der Waals surface area contributed by atoms with Crippen LogP contribution in [0.2, 0.25) is 11.1 Å². The normalized spacial score (nSPS) is 10.5. The molecule has 0 radical (unpaired) electrons. The molecule has 0 unspecified atom stereocenters. The summed E-state index contributed by atoms with van der Waals surface area (Å²) in [4.78, 5) is 0. The summed E-state index contributed by atoms with van der Waals surface area (Å²) in [7, 11) is -0.992. The molecule has 0 aliphatic rings. The van der Waals surface area contributed by atoms with Gasteiger partial charge in [-0.25, -0.2) is 0 Å². The third-order valence-electron chi connectivity index (χ3n) is 2.82. The summed E-state index contributed by atoms with van der Waals surface area (Å²) in [5, 5.41) is 0. The monoisotopic (exact) mass is 246 g/mol. The van der Waals surface area contributed by atoms with Crippen molar-refractivity contribution < 1.29 is 4.74 Å². The van der Waals surface area contributed by atoms with Crippen molar-refractivity contribution in [3.05, 3.63) is 35.9 Å². The van der Waals surface area contributed by atoms with Crippen LogP contribution in [0.3, 0.4) is 0 Å². The van der Waals surface area contributed by atoms with E-state index in [9.17, 15) is 0 Å². The third-order valence-corrected chi connectivity index (χ3v) is 6.14. The van der Waals surface area contributed by atoms with Gasteiger partial charge in [-0.2, -0.15) is 0 Å². The summed E-state index contributed by atoms with van der Waals surface area (Å²) in [5.41, 5.74) is 5.95.